The first-order valence-corrected chi connectivity index (χ1v) is 7.99. The number of thioether (sulfide) groups is 1. The normalized spacial score (nSPS) is 12.2. The monoisotopic (exact) mass is 332 g/mol. The maximum Gasteiger partial charge on any atom is 0.104 e. The van der Waals surface area contributed by atoms with E-state index < -0.39 is 0 Å². The smallest absolute Gasteiger partial charge is 0.104 e. The van der Waals surface area contributed by atoms with E-state index in [2.05, 4.69) is 34.4 Å². The summed E-state index contributed by atoms with van der Waals surface area (Å²) in [7, 11) is 0. The summed E-state index contributed by atoms with van der Waals surface area (Å²) in [5.74, 6) is 1.16. The Balaban J connectivity index is 2.69. The molecule has 5 heteroatoms. The van der Waals surface area contributed by atoms with Crippen LogP contribution in [0.5, 0.6) is 0 Å². The van der Waals surface area contributed by atoms with Crippen molar-refractivity contribution in [1.82, 2.24) is 0 Å². The summed E-state index contributed by atoms with van der Waals surface area (Å²) in [5, 5.41) is 3.47. The second-order valence-corrected chi connectivity index (χ2v) is 6.17. The van der Waals surface area contributed by atoms with Gasteiger partial charge in [0.2, 0.25) is 0 Å². The zero-order chi connectivity index (χ0) is 12.8. The Morgan fingerprint density at radius 2 is 2.29 bits per heavy atom. The summed E-state index contributed by atoms with van der Waals surface area (Å²) in [6.07, 6.45) is 3.27. The molecule has 0 saturated carbocycles. The highest BCUT2D eigenvalue weighted by Gasteiger charge is 2.06. The molecule has 0 fully saturated rings. The molecule has 0 bridgehead atoms. The molecule has 0 spiro atoms. The van der Waals surface area contributed by atoms with Gasteiger partial charge in [0.1, 0.15) is 4.99 Å². The van der Waals surface area contributed by atoms with E-state index in [1.54, 1.807) is 0 Å². The van der Waals surface area contributed by atoms with Gasteiger partial charge in [-0.05, 0) is 59.5 Å². The highest BCUT2D eigenvalue weighted by Crippen LogP contribution is 2.24. The van der Waals surface area contributed by atoms with Crippen molar-refractivity contribution in [3.05, 3.63) is 28.2 Å². The van der Waals surface area contributed by atoms with Crippen LogP contribution in [0.25, 0.3) is 0 Å². The molecule has 3 N–H and O–H groups in total. The van der Waals surface area contributed by atoms with Crippen molar-refractivity contribution in [2.45, 2.75) is 19.4 Å². The topological polar surface area (TPSA) is 38.0 Å². The second kappa shape index (κ2) is 7.24. The van der Waals surface area contributed by atoms with Crippen LogP contribution in [0, 0.1) is 0 Å². The standard InChI is InChI=1S/C12H17BrN2S2/c1-8(5-6-17-2)15-11-4-3-9(12(14)16)7-10(11)13/h3-4,7-8,15H,5-6H2,1-2H3,(H2,14,16). The van der Waals surface area contributed by atoms with Gasteiger partial charge in [-0.1, -0.05) is 12.2 Å². The lowest BCUT2D eigenvalue weighted by Gasteiger charge is -2.16. The third-order valence-corrected chi connectivity index (χ3v) is 3.95. The average molecular weight is 333 g/mol. The van der Waals surface area contributed by atoms with Crippen LogP contribution in [0.3, 0.4) is 0 Å². The van der Waals surface area contributed by atoms with Crippen molar-refractivity contribution in [1.29, 1.82) is 0 Å². The Morgan fingerprint density at radius 1 is 1.59 bits per heavy atom. The fourth-order valence-corrected chi connectivity index (χ4v) is 2.63. The van der Waals surface area contributed by atoms with E-state index in [-0.39, 0.29) is 0 Å². The molecular formula is C12H17BrN2S2. The lowest BCUT2D eigenvalue weighted by atomic mass is 10.2. The third kappa shape index (κ3) is 4.85. The fraction of sp³-hybridized carbons (Fsp3) is 0.417. The van der Waals surface area contributed by atoms with Crippen LogP contribution in [0.15, 0.2) is 22.7 Å². The van der Waals surface area contributed by atoms with Gasteiger partial charge in [-0.15, -0.1) is 0 Å². The molecule has 1 rings (SSSR count). The summed E-state index contributed by atoms with van der Waals surface area (Å²) in [5.41, 5.74) is 7.55. The van der Waals surface area contributed by atoms with Crippen LogP contribution in [0.2, 0.25) is 0 Å². The van der Waals surface area contributed by atoms with Gasteiger partial charge in [0.25, 0.3) is 0 Å². The maximum atomic E-state index is 5.59. The highest BCUT2D eigenvalue weighted by molar-refractivity contribution is 9.10. The predicted molar refractivity (Wildman–Crippen MR) is 86.1 cm³/mol. The lowest BCUT2D eigenvalue weighted by Crippen LogP contribution is -2.16. The van der Waals surface area contributed by atoms with Crippen molar-refractivity contribution in [3.8, 4) is 0 Å². The average Bonchev–Trinajstić information content (AvgIpc) is 2.28. The van der Waals surface area contributed by atoms with Gasteiger partial charge in [-0.25, -0.2) is 0 Å². The van der Waals surface area contributed by atoms with Crippen LogP contribution < -0.4 is 11.1 Å². The van der Waals surface area contributed by atoms with Gasteiger partial charge in [0.05, 0.1) is 0 Å². The number of thiocarbonyl (C=S) groups is 1. The highest BCUT2D eigenvalue weighted by atomic mass is 79.9. The number of rotatable bonds is 6. The number of benzene rings is 1. The van der Waals surface area contributed by atoms with Crippen molar-refractivity contribution < 1.29 is 0 Å². The van der Waals surface area contributed by atoms with Crippen LogP contribution in [-0.4, -0.2) is 23.0 Å². The van der Waals surface area contributed by atoms with E-state index in [1.165, 1.54) is 0 Å². The zero-order valence-corrected chi connectivity index (χ0v) is 13.2. The Morgan fingerprint density at radius 3 is 2.82 bits per heavy atom. The summed E-state index contributed by atoms with van der Waals surface area (Å²) >= 11 is 10.3. The van der Waals surface area contributed by atoms with Gasteiger partial charge < -0.3 is 11.1 Å². The number of hydrogen-bond acceptors (Lipinski definition) is 3. The largest absolute Gasteiger partial charge is 0.389 e. The summed E-state index contributed by atoms with van der Waals surface area (Å²) < 4.78 is 0.999. The van der Waals surface area contributed by atoms with Gasteiger partial charge in [-0.2, -0.15) is 11.8 Å². The minimum absolute atomic E-state index is 0.424. The molecule has 94 valence electrons. The first kappa shape index (κ1) is 14.8. The number of nitrogens with one attached hydrogen (secondary N) is 1. The quantitative estimate of drug-likeness (QED) is 0.780. The maximum absolute atomic E-state index is 5.59. The first-order valence-electron chi connectivity index (χ1n) is 5.39. The molecule has 1 aromatic carbocycles. The summed E-state index contributed by atoms with van der Waals surface area (Å²) in [4.78, 5) is 0.424. The van der Waals surface area contributed by atoms with Gasteiger partial charge in [-0.3, -0.25) is 0 Å². The Bertz CT molecular complexity index is 396. The number of anilines is 1. The molecule has 0 aliphatic heterocycles. The van der Waals surface area contributed by atoms with Crippen LogP contribution >= 0.6 is 39.9 Å². The van der Waals surface area contributed by atoms with Crippen LogP contribution in [0.1, 0.15) is 18.9 Å². The number of nitrogens with two attached hydrogens (primary N) is 1. The van der Waals surface area contributed by atoms with Crippen molar-refractivity contribution in [2.75, 3.05) is 17.3 Å². The number of hydrogen-bond donors (Lipinski definition) is 2. The fourth-order valence-electron chi connectivity index (χ4n) is 1.42. The van der Waals surface area contributed by atoms with E-state index in [4.69, 9.17) is 18.0 Å². The SMILES string of the molecule is CSCCC(C)Nc1ccc(C(N)=S)cc1Br. The molecule has 0 amide bonds. The lowest BCUT2D eigenvalue weighted by molar-refractivity contribution is 0.771. The van der Waals surface area contributed by atoms with E-state index in [9.17, 15) is 0 Å². The molecule has 0 heterocycles. The molecule has 0 aromatic heterocycles. The molecule has 1 atom stereocenters. The van der Waals surface area contributed by atoms with E-state index in [1.807, 2.05) is 30.0 Å². The van der Waals surface area contributed by atoms with Crippen LogP contribution in [0.4, 0.5) is 5.69 Å². The van der Waals surface area contributed by atoms with E-state index in [0.29, 0.717) is 11.0 Å². The molecule has 0 radical (unpaired) electrons. The molecule has 0 aliphatic rings. The Hall–Kier alpha value is -0.260. The van der Waals surface area contributed by atoms with Gasteiger partial charge >= 0.3 is 0 Å². The molecule has 2 nitrogen and oxygen atoms in total. The minimum Gasteiger partial charge on any atom is -0.389 e. The second-order valence-electron chi connectivity index (χ2n) is 3.89. The number of halogens is 1. The molecule has 0 saturated heterocycles. The molecule has 0 aliphatic carbocycles. The molecule has 17 heavy (non-hydrogen) atoms. The summed E-state index contributed by atoms with van der Waals surface area (Å²) in [6.45, 7) is 2.18. The zero-order valence-electron chi connectivity index (χ0n) is 10.00. The molecule has 1 aromatic rings. The van der Waals surface area contributed by atoms with Crippen molar-refractivity contribution in [2.24, 2.45) is 5.73 Å². The third-order valence-electron chi connectivity index (χ3n) is 2.41. The Labute approximate surface area is 121 Å². The minimum atomic E-state index is 0.424. The predicted octanol–water partition coefficient (Wildman–Crippen LogP) is 3.64. The van der Waals surface area contributed by atoms with E-state index in [0.717, 1.165) is 27.9 Å². The molecule has 1 unspecified atom stereocenters. The summed E-state index contributed by atoms with van der Waals surface area (Å²) in [6, 6.07) is 6.35. The van der Waals surface area contributed by atoms with Crippen LogP contribution in [-0.2, 0) is 0 Å². The first-order chi connectivity index (χ1) is 8.04. The van der Waals surface area contributed by atoms with Gasteiger partial charge in [0, 0.05) is 21.8 Å². The van der Waals surface area contributed by atoms with Crippen molar-refractivity contribution >= 4 is 50.6 Å². The van der Waals surface area contributed by atoms with E-state index >= 15 is 0 Å². The van der Waals surface area contributed by atoms with Gasteiger partial charge in [0.15, 0.2) is 0 Å². The molecular weight excluding hydrogens is 316 g/mol. The van der Waals surface area contributed by atoms with Crippen molar-refractivity contribution in [3.63, 3.8) is 0 Å². The Kier molecular flexibility index (Phi) is 6.30.